The van der Waals surface area contributed by atoms with Gasteiger partial charge < -0.3 is 4.90 Å². The van der Waals surface area contributed by atoms with Crippen LogP contribution in [0.3, 0.4) is 0 Å². The van der Waals surface area contributed by atoms with E-state index < -0.39 is 0 Å². The predicted molar refractivity (Wildman–Crippen MR) is 67.3 cm³/mol. The SMILES string of the molecule is O=C(c1cc(F)ccc1Br)N1CCC(Br)C1. The summed E-state index contributed by atoms with van der Waals surface area (Å²) in [5.41, 5.74) is 0.390. The maximum absolute atomic E-state index is 13.1. The molecule has 1 aromatic rings. The van der Waals surface area contributed by atoms with E-state index >= 15 is 0 Å². The van der Waals surface area contributed by atoms with Crippen molar-refractivity contribution in [3.05, 3.63) is 34.1 Å². The number of nitrogens with zero attached hydrogens (tertiary/aromatic N) is 1. The Morgan fingerprint density at radius 2 is 2.25 bits per heavy atom. The highest BCUT2D eigenvalue weighted by atomic mass is 79.9. The number of rotatable bonds is 1. The minimum Gasteiger partial charge on any atom is -0.337 e. The summed E-state index contributed by atoms with van der Waals surface area (Å²) in [5, 5.41) is 0. The molecular weight excluding hydrogens is 341 g/mol. The van der Waals surface area contributed by atoms with Crippen LogP contribution in [-0.2, 0) is 0 Å². The van der Waals surface area contributed by atoms with E-state index in [0.717, 1.165) is 13.0 Å². The van der Waals surface area contributed by atoms with Crippen molar-refractivity contribution >= 4 is 37.8 Å². The Hall–Kier alpha value is -0.420. The first-order valence-electron chi connectivity index (χ1n) is 4.96. The topological polar surface area (TPSA) is 20.3 Å². The quantitative estimate of drug-likeness (QED) is 0.712. The molecule has 1 unspecified atom stereocenters. The van der Waals surface area contributed by atoms with Crippen molar-refractivity contribution in [2.45, 2.75) is 11.2 Å². The maximum atomic E-state index is 13.1. The van der Waals surface area contributed by atoms with Gasteiger partial charge in [-0.3, -0.25) is 4.79 Å². The van der Waals surface area contributed by atoms with Gasteiger partial charge >= 0.3 is 0 Å². The normalized spacial score (nSPS) is 20.2. The van der Waals surface area contributed by atoms with Crippen LogP contribution in [0.25, 0.3) is 0 Å². The fourth-order valence-electron chi connectivity index (χ4n) is 1.73. The first-order chi connectivity index (χ1) is 7.58. The number of likely N-dealkylation sites (tertiary alicyclic amines) is 1. The van der Waals surface area contributed by atoms with Crippen LogP contribution in [0, 0.1) is 5.82 Å². The zero-order valence-corrected chi connectivity index (χ0v) is 11.6. The van der Waals surface area contributed by atoms with Gasteiger partial charge in [-0.15, -0.1) is 0 Å². The Balaban J connectivity index is 2.23. The number of carbonyl (C=O) groups is 1. The van der Waals surface area contributed by atoms with Gasteiger partial charge in [-0.25, -0.2) is 4.39 Å². The van der Waals surface area contributed by atoms with Gasteiger partial charge in [-0.05, 0) is 40.5 Å². The third-order valence-corrected chi connectivity index (χ3v) is 4.02. The van der Waals surface area contributed by atoms with E-state index in [4.69, 9.17) is 0 Å². The summed E-state index contributed by atoms with van der Waals surface area (Å²) in [6.07, 6.45) is 0.943. The Morgan fingerprint density at radius 1 is 1.50 bits per heavy atom. The summed E-state index contributed by atoms with van der Waals surface area (Å²) in [4.78, 5) is 14.2. The molecule has 2 nitrogen and oxygen atoms in total. The minimum atomic E-state index is -0.388. The van der Waals surface area contributed by atoms with Crippen molar-refractivity contribution in [2.24, 2.45) is 0 Å². The molecule has 1 heterocycles. The molecule has 1 saturated heterocycles. The summed E-state index contributed by atoms with van der Waals surface area (Å²) in [5.74, 6) is -0.505. The Bertz CT molecular complexity index is 424. The Labute approximate surface area is 110 Å². The molecule has 1 fully saturated rings. The summed E-state index contributed by atoms with van der Waals surface area (Å²) < 4.78 is 13.7. The van der Waals surface area contributed by atoms with Crippen LogP contribution < -0.4 is 0 Å². The maximum Gasteiger partial charge on any atom is 0.255 e. The van der Waals surface area contributed by atoms with Crippen LogP contribution in [0.5, 0.6) is 0 Å². The molecule has 1 amide bonds. The van der Waals surface area contributed by atoms with Gasteiger partial charge in [0.1, 0.15) is 5.82 Å². The minimum absolute atomic E-state index is 0.117. The van der Waals surface area contributed by atoms with Crippen molar-refractivity contribution in [3.63, 3.8) is 0 Å². The second-order valence-corrected chi connectivity index (χ2v) is 5.91. The van der Waals surface area contributed by atoms with Gasteiger partial charge in [0, 0.05) is 22.4 Å². The number of hydrogen-bond acceptors (Lipinski definition) is 1. The molecular formula is C11H10Br2FNO. The van der Waals surface area contributed by atoms with E-state index in [0.29, 0.717) is 21.4 Å². The van der Waals surface area contributed by atoms with E-state index in [1.165, 1.54) is 12.1 Å². The van der Waals surface area contributed by atoms with Gasteiger partial charge in [0.15, 0.2) is 0 Å². The van der Waals surface area contributed by atoms with E-state index in [9.17, 15) is 9.18 Å². The van der Waals surface area contributed by atoms with Crippen LogP contribution in [0.15, 0.2) is 22.7 Å². The van der Waals surface area contributed by atoms with E-state index in [1.807, 2.05) is 0 Å². The average Bonchev–Trinajstić information content (AvgIpc) is 2.67. The zero-order chi connectivity index (χ0) is 11.7. The van der Waals surface area contributed by atoms with Gasteiger partial charge in [0.05, 0.1) is 5.56 Å². The van der Waals surface area contributed by atoms with Crippen molar-refractivity contribution in [1.29, 1.82) is 0 Å². The fourth-order valence-corrected chi connectivity index (χ4v) is 2.70. The molecule has 5 heteroatoms. The number of alkyl halides is 1. The molecule has 86 valence electrons. The number of carbonyl (C=O) groups excluding carboxylic acids is 1. The monoisotopic (exact) mass is 349 g/mol. The molecule has 0 N–H and O–H groups in total. The molecule has 0 saturated carbocycles. The largest absolute Gasteiger partial charge is 0.337 e. The molecule has 1 atom stereocenters. The average molecular weight is 351 g/mol. The fraction of sp³-hybridized carbons (Fsp3) is 0.364. The van der Waals surface area contributed by atoms with Gasteiger partial charge in [0.2, 0.25) is 0 Å². The third-order valence-electron chi connectivity index (χ3n) is 2.58. The molecule has 0 radical (unpaired) electrons. The first-order valence-corrected chi connectivity index (χ1v) is 6.67. The van der Waals surface area contributed by atoms with Crippen molar-refractivity contribution in [1.82, 2.24) is 4.90 Å². The number of benzene rings is 1. The predicted octanol–water partition coefficient (Wildman–Crippen LogP) is 3.20. The molecule has 0 bridgehead atoms. The smallest absolute Gasteiger partial charge is 0.255 e. The molecule has 0 spiro atoms. The highest BCUT2D eigenvalue weighted by molar-refractivity contribution is 9.10. The lowest BCUT2D eigenvalue weighted by molar-refractivity contribution is 0.0792. The second-order valence-electron chi connectivity index (χ2n) is 3.76. The second kappa shape index (κ2) is 4.84. The summed E-state index contributed by atoms with van der Waals surface area (Å²) in [6.45, 7) is 1.40. The summed E-state index contributed by atoms with van der Waals surface area (Å²) in [7, 11) is 0. The number of hydrogen-bond donors (Lipinski definition) is 0. The number of amides is 1. The van der Waals surface area contributed by atoms with E-state index in [2.05, 4.69) is 31.9 Å². The van der Waals surface area contributed by atoms with Crippen LogP contribution in [0.2, 0.25) is 0 Å². The van der Waals surface area contributed by atoms with Crippen molar-refractivity contribution < 1.29 is 9.18 Å². The Kier molecular flexibility index (Phi) is 3.64. The van der Waals surface area contributed by atoms with Gasteiger partial charge in [0.25, 0.3) is 5.91 Å². The van der Waals surface area contributed by atoms with Crippen LogP contribution in [0.1, 0.15) is 16.8 Å². The lowest BCUT2D eigenvalue weighted by Gasteiger charge is -2.16. The van der Waals surface area contributed by atoms with Crippen LogP contribution in [-0.4, -0.2) is 28.7 Å². The number of halogens is 3. The Morgan fingerprint density at radius 3 is 2.88 bits per heavy atom. The molecule has 1 aliphatic rings. The van der Waals surface area contributed by atoms with Crippen molar-refractivity contribution in [3.8, 4) is 0 Å². The molecule has 16 heavy (non-hydrogen) atoms. The molecule has 1 aliphatic heterocycles. The molecule has 1 aromatic carbocycles. The lowest BCUT2D eigenvalue weighted by Crippen LogP contribution is -2.29. The highest BCUT2D eigenvalue weighted by Crippen LogP contribution is 2.23. The zero-order valence-electron chi connectivity index (χ0n) is 8.42. The van der Waals surface area contributed by atoms with Crippen molar-refractivity contribution in [2.75, 3.05) is 13.1 Å². The standard InChI is InChI=1S/C11H10Br2FNO/c12-7-3-4-15(6-7)11(16)9-5-8(14)1-2-10(9)13/h1-2,5,7H,3-4,6H2. The first kappa shape index (κ1) is 12.0. The van der Waals surface area contributed by atoms with Crippen LogP contribution >= 0.6 is 31.9 Å². The van der Waals surface area contributed by atoms with Gasteiger partial charge in [-0.2, -0.15) is 0 Å². The summed E-state index contributed by atoms with van der Waals surface area (Å²) in [6, 6.07) is 4.16. The van der Waals surface area contributed by atoms with Gasteiger partial charge in [-0.1, -0.05) is 15.9 Å². The van der Waals surface area contributed by atoms with E-state index in [-0.39, 0.29) is 11.7 Å². The molecule has 0 aliphatic carbocycles. The third kappa shape index (κ3) is 2.46. The lowest BCUT2D eigenvalue weighted by atomic mass is 10.2. The van der Waals surface area contributed by atoms with Crippen LogP contribution in [0.4, 0.5) is 4.39 Å². The highest BCUT2D eigenvalue weighted by Gasteiger charge is 2.26. The van der Waals surface area contributed by atoms with E-state index in [1.54, 1.807) is 11.0 Å². The molecule has 0 aromatic heterocycles. The summed E-state index contributed by atoms with van der Waals surface area (Å²) >= 11 is 6.74. The molecule has 2 rings (SSSR count).